The van der Waals surface area contributed by atoms with E-state index in [2.05, 4.69) is 12.2 Å². The molecule has 1 fully saturated rings. The molecule has 2 unspecified atom stereocenters. The zero-order chi connectivity index (χ0) is 15.4. The fourth-order valence-electron chi connectivity index (χ4n) is 3.07. The fraction of sp³-hybridized carbons (Fsp3) is 0.625. The molecular formula is C16H23NO3S. The first kappa shape index (κ1) is 16.0. The van der Waals surface area contributed by atoms with Gasteiger partial charge >= 0.3 is 5.97 Å². The topological polar surface area (TPSA) is 66.4 Å². The lowest BCUT2D eigenvalue weighted by molar-refractivity contribution is -0.144. The molecule has 5 heteroatoms. The summed E-state index contributed by atoms with van der Waals surface area (Å²) in [6, 6.07) is 1.95. The van der Waals surface area contributed by atoms with Gasteiger partial charge in [-0.15, -0.1) is 11.3 Å². The van der Waals surface area contributed by atoms with Crippen LogP contribution in [0.4, 0.5) is 0 Å². The van der Waals surface area contributed by atoms with E-state index in [0.29, 0.717) is 6.54 Å². The van der Waals surface area contributed by atoms with Gasteiger partial charge in [0.1, 0.15) is 0 Å². The van der Waals surface area contributed by atoms with E-state index in [1.54, 1.807) is 0 Å². The highest BCUT2D eigenvalue weighted by atomic mass is 32.1. The molecule has 1 aliphatic carbocycles. The van der Waals surface area contributed by atoms with E-state index in [1.807, 2.05) is 13.0 Å². The minimum atomic E-state index is -0.728. The van der Waals surface area contributed by atoms with Crippen molar-refractivity contribution in [2.75, 3.05) is 6.54 Å². The molecule has 1 saturated carbocycles. The molecule has 1 aromatic rings. The van der Waals surface area contributed by atoms with Crippen LogP contribution in [-0.2, 0) is 11.2 Å². The Balaban J connectivity index is 1.94. The predicted molar refractivity (Wildman–Crippen MR) is 83.9 cm³/mol. The molecule has 4 nitrogen and oxygen atoms in total. The summed E-state index contributed by atoms with van der Waals surface area (Å²) in [5.74, 6) is -1.05. The van der Waals surface area contributed by atoms with Gasteiger partial charge in [0.15, 0.2) is 0 Å². The minimum absolute atomic E-state index is 0.0619. The van der Waals surface area contributed by atoms with E-state index in [9.17, 15) is 14.7 Å². The van der Waals surface area contributed by atoms with E-state index in [1.165, 1.54) is 21.8 Å². The first-order valence-electron chi connectivity index (χ1n) is 7.63. The SMILES string of the molecule is CCc1cc(C(=O)NCC2CCCCC2C(=O)O)sc1C. The Hall–Kier alpha value is -1.36. The molecule has 1 aliphatic rings. The summed E-state index contributed by atoms with van der Waals surface area (Å²) in [7, 11) is 0. The van der Waals surface area contributed by atoms with Gasteiger partial charge in [-0.1, -0.05) is 19.8 Å². The zero-order valence-electron chi connectivity index (χ0n) is 12.6. The van der Waals surface area contributed by atoms with Gasteiger partial charge in [-0.3, -0.25) is 9.59 Å². The number of carbonyl (C=O) groups is 2. The number of thiophene rings is 1. The molecule has 0 saturated heterocycles. The van der Waals surface area contributed by atoms with Crippen molar-refractivity contribution in [3.8, 4) is 0 Å². The molecule has 0 spiro atoms. The van der Waals surface area contributed by atoms with Crippen LogP contribution in [0.3, 0.4) is 0 Å². The minimum Gasteiger partial charge on any atom is -0.481 e. The van der Waals surface area contributed by atoms with Crippen LogP contribution in [0.25, 0.3) is 0 Å². The van der Waals surface area contributed by atoms with Crippen molar-refractivity contribution >= 4 is 23.2 Å². The summed E-state index contributed by atoms with van der Waals surface area (Å²) in [5, 5.41) is 12.2. The Morgan fingerprint density at radius 3 is 2.71 bits per heavy atom. The van der Waals surface area contributed by atoms with Gasteiger partial charge in [0.2, 0.25) is 0 Å². The van der Waals surface area contributed by atoms with Crippen LogP contribution in [0.5, 0.6) is 0 Å². The Labute approximate surface area is 129 Å². The summed E-state index contributed by atoms with van der Waals surface area (Å²) >= 11 is 1.51. The highest BCUT2D eigenvalue weighted by molar-refractivity contribution is 7.14. The quantitative estimate of drug-likeness (QED) is 0.877. The van der Waals surface area contributed by atoms with Gasteiger partial charge in [-0.05, 0) is 43.7 Å². The molecular weight excluding hydrogens is 286 g/mol. The van der Waals surface area contributed by atoms with E-state index in [-0.39, 0.29) is 17.7 Å². The average Bonchev–Trinajstić information content (AvgIpc) is 2.86. The van der Waals surface area contributed by atoms with Gasteiger partial charge in [0.25, 0.3) is 5.91 Å². The van der Waals surface area contributed by atoms with Crippen molar-refractivity contribution in [3.05, 3.63) is 21.4 Å². The van der Waals surface area contributed by atoms with Gasteiger partial charge in [0, 0.05) is 11.4 Å². The Kier molecular flexibility index (Phi) is 5.39. The number of carboxylic acid groups (broad SMARTS) is 1. The van der Waals surface area contributed by atoms with Crippen molar-refractivity contribution in [1.82, 2.24) is 5.32 Å². The Morgan fingerprint density at radius 2 is 2.10 bits per heavy atom. The van der Waals surface area contributed by atoms with Crippen LogP contribution >= 0.6 is 11.3 Å². The maximum Gasteiger partial charge on any atom is 0.306 e. The van der Waals surface area contributed by atoms with Gasteiger partial charge in [0.05, 0.1) is 10.8 Å². The standard InChI is InChI=1S/C16H23NO3S/c1-3-11-8-14(21-10(11)2)15(18)17-9-12-6-4-5-7-13(12)16(19)20/h8,12-13H,3-7,9H2,1-2H3,(H,17,18)(H,19,20). The van der Waals surface area contributed by atoms with Crippen LogP contribution in [0.15, 0.2) is 6.07 Å². The molecule has 1 amide bonds. The fourth-order valence-corrected chi connectivity index (χ4v) is 4.10. The second-order valence-electron chi connectivity index (χ2n) is 5.74. The zero-order valence-corrected chi connectivity index (χ0v) is 13.5. The molecule has 0 aromatic carbocycles. The smallest absolute Gasteiger partial charge is 0.306 e. The third kappa shape index (κ3) is 3.84. The van der Waals surface area contributed by atoms with Crippen LogP contribution in [0.2, 0.25) is 0 Å². The van der Waals surface area contributed by atoms with Crippen LogP contribution in [-0.4, -0.2) is 23.5 Å². The van der Waals surface area contributed by atoms with Crippen molar-refractivity contribution in [2.45, 2.75) is 46.0 Å². The summed E-state index contributed by atoms with van der Waals surface area (Å²) < 4.78 is 0. The molecule has 1 heterocycles. The monoisotopic (exact) mass is 309 g/mol. The van der Waals surface area contributed by atoms with Crippen LogP contribution in [0.1, 0.15) is 52.7 Å². The number of aryl methyl sites for hydroxylation is 2. The number of hydrogen-bond acceptors (Lipinski definition) is 3. The van der Waals surface area contributed by atoms with E-state index in [0.717, 1.165) is 37.0 Å². The summed E-state index contributed by atoms with van der Waals surface area (Å²) in [5.41, 5.74) is 1.21. The number of amides is 1. The number of nitrogens with one attached hydrogen (secondary N) is 1. The average molecular weight is 309 g/mol. The molecule has 21 heavy (non-hydrogen) atoms. The lowest BCUT2D eigenvalue weighted by atomic mass is 9.79. The molecule has 2 atom stereocenters. The third-order valence-corrected chi connectivity index (χ3v) is 5.47. The number of carboxylic acids is 1. The summed E-state index contributed by atoms with van der Waals surface area (Å²) in [4.78, 5) is 25.4. The molecule has 0 aliphatic heterocycles. The highest BCUT2D eigenvalue weighted by Crippen LogP contribution is 2.30. The Bertz CT molecular complexity index is 524. The Morgan fingerprint density at radius 1 is 1.38 bits per heavy atom. The second-order valence-corrected chi connectivity index (χ2v) is 7.00. The molecule has 0 radical (unpaired) electrons. The highest BCUT2D eigenvalue weighted by Gasteiger charge is 2.30. The van der Waals surface area contributed by atoms with Gasteiger partial charge in [-0.25, -0.2) is 0 Å². The molecule has 0 bridgehead atoms. The second kappa shape index (κ2) is 7.07. The lowest BCUT2D eigenvalue weighted by Gasteiger charge is -2.28. The first-order valence-corrected chi connectivity index (χ1v) is 8.44. The summed E-state index contributed by atoms with van der Waals surface area (Å²) in [6.07, 6.45) is 4.59. The maximum atomic E-state index is 12.2. The van der Waals surface area contributed by atoms with Crippen LogP contribution in [0, 0.1) is 18.8 Å². The molecule has 1 aromatic heterocycles. The number of carbonyl (C=O) groups excluding carboxylic acids is 1. The number of aliphatic carboxylic acids is 1. The van der Waals surface area contributed by atoms with Crippen molar-refractivity contribution < 1.29 is 14.7 Å². The molecule has 2 N–H and O–H groups in total. The normalized spacial score (nSPS) is 22.0. The summed E-state index contributed by atoms with van der Waals surface area (Å²) in [6.45, 7) is 4.58. The first-order chi connectivity index (χ1) is 10.0. The molecule has 2 rings (SSSR count). The van der Waals surface area contributed by atoms with Gasteiger partial charge in [-0.2, -0.15) is 0 Å². The van der Waals surface area contributed by atoms with Gasteiger partial charge < -0.3 is 10.4 Å². The number of rotatable bonds is 5. The van der Waals surface area contributed by atoms with Crippen molar-refractivity contribution in [1.29, 1.82) is 0 Å². The van der Waals surface area contributed by atoms with E-state index >= 15 is 0 Å². The van der Waals surface area contributed by atoms with E-state index in [4.69, 9.17) is 0 Å². The van der Waals surface area contributed by atoms with E-state index < -0.39 is 5.97 Å². The van der Waals surface area contributed by atoms with Crippen molar-refractivity contribution in [2.24, 2.45) is 11.8 Å². The lowest BCUT2D eigenvalue weighted by Crippen LogP contribution is -2.37. The molecule has 116 valence electrons. The van der Waals surface area contributed by atoms with Crippen LogP contribution < -0.4 is 5.32 Å². The van der Waals surface area contributed by atoms with Crippen molar-refractivity contribution in [3.63, 3.8) is 0 Å². The predicted octanol–water partition coefficient (Wildman–Crippen LogP) is 3.24. The number of hydrogen-bond donors (Lipinski definition) is 2. The third-order valence-electron chi connectivity index (χ3n) is 4.38. The largest absolute Gasteiger partial charge is 0.481 e. The maximum absolute atomic E-state index is 12.2.